The molecule has 2 atom stereocenters. The molecule has 0 aromatic heterocycles. The number of aliphatic hydroxyl groups is 1. The molecule has 0 spiro atoms. The fraction of sp³-hybridized carbons (Fsp3) is 1.00. The van der Waals surface area contributed by atoms with Crippen LogP contribution >= 0.6 is 0 Å². The molecule has 60 valence electrons. The van der Waals surface area contributed by atoms with E-state index >= 15 is 0 Å². The molecule has 1 aliphatic carbocycles. The van der Waals surface area contributed by atoms with Crippen LogP contribution in [0.15, 0.2) is 0 Å². The highest BCUT2D eigenvalue weighted by Gasteiger charge is 2.66. The van der Waals surface area contributed by atoms with Crippen molar-refractivity contribution in [1.82, 2.24) is 0 Å². The van der Waals surface area contributed by atoms with Crippen LogP contribution in [0.1, 0.15) is 13.3 Å². The zero-order valence-electron chi connectivity index (χ0n) is 5.57. The Labute approximate surface area is 56.8 Å². The molecule has 0 aromatic carbocycles. The third-order valence-electron chi connectivity index (χ3n) is 2.28. The molecule has 4 heteroatoms. The summed E-state index contributed by atoms with van der Waals surface area (Å²) in [5.41, 5.74) is -1.60. The normalized spacial score (nSPS) is 39.9. The second-order valence-corrected chi connectivity index (χ2v) is 3.00. The summed E-state index contributed by atoms with van der Waals surface area (Å²) in [6, 6.07) is 0. The molecule has 0 aliphatic heterocycles. The van der Waals surface area contributed by atoms with E-state index in [1.54, 1.807) is 0 Å². The Kier molecular flexibility index (Phi) is 1.47. The van der Waals surface area contributed by atoms with Gasteiger partial charge in [-0.25, -0.2) is 0 Å². The summed E-state index contributed by atoms with van der Waals surface area (Å²) >= 11 is 0. The summed E-state index contributed by atoms with van der Waals surface area (Å²) in [5.74, 6) is -0.563. The summed E-state index contributed by atoms with van der Waals surface area (Å²) in [5, 5.41) is 8.40. The van der Waals surface area contributed by atoms with E-state index in [2.05, 4.69) is 0 Å². The maximum absolute atomic E-state index is 12.0. The van der Waals surface area contributed by atoms with Crippen molar-refractivity contribution in [1.29, 1.82) is 0 Å². The number of aliphatic hydroxyl groups excluding tert-OH is 1. The van der Waals surface area contributed by atoms with Crippen LogP contribution in [0.3, 0.4) is 0 Å². The summed E-state index contributed by atoms with van der Waals surface area (Å²) in [7, 11) is 0. The fourth-order valence-electron chi connectivity index (χ4n) is 1.07. The van der Waals surface area contributed by atoms with Crippen molar-refractivity contribution in [3.05, 3.63) is 0 Å². The highest BCUT2D eigenvalue weighted by molar-refractivity contribution is 5.03. The predicted molar refractivity (Wildman–Crippen MR) is 29.4 cm³/mol. The van der Waals surface area contributed by atoms with Crippen LogP contribution in [-0.4, -0.2) is 17.9 Å². The molecule has 0 saturated heterocycles. The van der Waals surface area contributed by atoms with Gasteiger partial charge in [0.1, 0.15) is 0 Å². The second kappa shape index (κ2) is 1.87. The van der Waals surface area contributed by atoms with Crippen molar-refractivity contribution in [2.75, 3.05) is 6.61 Å². The van der Waals surface area contributed by atoms with E-state index in [4.69, 9.17) is 5.11 Å². The summed E-state index contributed by atoms with van der Waals surface area (Å²) in [4.78, 5) is 0. The highest BCUT2D eigenvalue weighted by atomic mass is 19.4. The Balaban J connectivity index is 2.59. The smallest absolute Gasteiger partial charge is 0.394 e. The quantitative estimate of drug-likeness (QED) is 0.607. The standard InChI is InChI=1S/C6H9F3O/c1-5(6(7,8)9)2-4(5)3-10/h4,10H,2-3H2,1H3/t4-,5+/m0/s1. The number of alkyl halides is 3. The average Bonchev–Trinajstić information content (AvgIpc) is 2.41. The van der Waals surface area contributed by atoms with Crippen molar-refractivity contribution >= 4 is 0 Å². The highest BCUT2D eigenvalue weighted by Crippen LogP contribution is 2.61. The molecule has 1 N–H and O–H groups in total. The van der Waals surface area contributed by atoms with E-state index in [1.165, 1.54) is 0 Å². The third-order valence-corrected chi connectivity index (χ3v) is 2.28. The number of hydrogen-bond donors (Lipinski definition) is 1. The molecular weight excluding hydrogens is 145 g/mol. The van der Waals surface area contributed by atoms with E-state index in [0.29, 0.717) is 0 Å². The van der Waals surface area contributed by atoms with Crippen molar-refractivity contribution in [3.8, 4) is 0 Å². The van der Waals surface area contributed by atoms with Crippen LogP contribution < -0.4 is 0 Å². The van der Waals surface area contributed by atoms with Gasteiger partial charge < -0.3 is 5.11 Å². The molecule has 0 unspecified atom stereocenters. The predicted octanol–water partition coefficient (Wildman–Crippen LogP) is 1.57. The van der Waals surface area contributed by atoms with Gasteiger partial charge in [0, 0.05) is 6.61 Å². The molecule has 0 heterocycles. The Morgan fingerprint density at radius 2 is 2.10 bits per heavy atom. The number of hydrogen-bond acceptors (Lipinski definition) is 1. The topological polar surface area (TPSA) is 20.2 Å². The minimum atomic E-state index is -4.14. The summed E-state index contributed by atoms with van der Waals surface area (Å²) < 4.78 is 35.9. The zero-order valence-corrected chi connectivity index (χ0v) is 5.57. The molecule has 10 heavy (non-hydrogen) atoms. The first-order valence-corrected chi connectivity index (χ1v) is 3.09. The van der Waals surface area contributed by atoms with E-state index in [1.807, 2.05) is 0 Å². The van der Waals surface area contributed by atoms with Crippen LogP contribution in [0, 0.1) is 11.3 Å². The van der Waals surface area contributed by atoms with Gasteiger partial charge in [-0.2, -0.15) is 13.2 Å². The maximum Gasteiger partial charge on any atom is 0.394 e. The first-order chi connectivity index (χ1) is 4.42. The lowest BCUT2D eigenvalue weighted by molar-refractivity contribution is -0.187. The van der Waals surface area contributed by atoms with E-state index in [-0.39, 0.29) is 13.0 Å². The number of halogens is 3. The third kappa shape index (κ3) is 0.905. The van der Waals surface area contributed by atoms with Gasteiger partial charge in [0.25, 0.3) is 0 Å². The van der Waals surface area contributed by atoms with Gasteiger partial charge in [-0.15, -0.1) is 0 Å². The summed E-state index contributed by atoms with van der Waals surface area (Å²) in [6.07, 6.45) is -4.06. The molecule has 1 nitrogen and oxygen atoms in total. The van der Waals surface area contributed by atoms with Crippen LogP contribution in [-0.2, 0) is 0 Å². The van der Waals surface area contributed by atoms with Crippen molar-refractivity contribution < 1.29 is 18.3 Å². The lowest BCUT2D eigenvalue weighted by atomic mass is 10.1. The monoisotopic (exact) mass is 154 g/mol. The van der Waals surface area contributed by atoms with Crippen molar-refractivity contribution in [2.24, 2.45) is 11.3 Å². The molecule has 0 aromatic rings. The fourth-order valence-corrected chi connectivity index (χ4v) is 1.07. The molecule has 1 rings (SSSR count). The summed E-state index contributed by atoms with van der Waals surface area (Å²) in [6.45, 7) is 0.796. The molecule has 0 amide bonds. The molecule has 0 radical (unpaired) electrons. The molecular formula is C6H9F3O. The Morgan fingerprint density at radius 3 is 2.20 bits per heavy atom. The van der Waals surface area contributed by atoms with Crippen LogP contribution in [0.2, 0.25) is 0 Å². The van der Waals surface area contributed by atoms with Gasteiger partial charge in [-0.3, -0.25) is 0 Å². The van der Waals surface area contributed by atoms with Crippen LogP contribution in [0.25, 0.3) is 0 Å². The van der Waals surface area contributed by atoms with Gasteiger partial charge in [0.15, 0.2) is 0 Å². The lowest BCUT2D eigenvalue weighted by Crippen LogP contribution is -2.24. The van der Waals surface area contributed by atoms with E-state index < -0.39 is 17.5 Å². The average molecular weight is 154 g/mol. The number of rotatable bonds is 1. The molecule has 0 bridgehead atoms. The van der Waals surface area contributed by atoms with Crippen molar-refractivity contribution in [2.45, 2.75) is 19.5 Å². The minimum Gasteiger partial charge on any atom is -0.396 e. The SMILES string of the molecule is C[C@@]1(C(F)(F)F)C[C@H]1CO. The molecule has 1 fully saturated rings. The van der Waals surface area contributed by atoms with E-state index in [9.17, 15) is 13.2 Å². The molecule has 1 saturated carbocycles. The zero-order chi connectivity index (χ0) is 7.99. The van der Waals surface area contributed by atoms with Gasteiger partial charge in [-0.1, -0.05) is 6.92 Å². The van der Waals surface area contributed by atoms with Gasteiger partial charge in [-0.05, 0) is 12.3 Å². The first-order valence-electron chi connectivity index (χ1n) is 3.09. The van der Waals surface area contributed by atoms with E-state index in [0.717, 1.165) is 6.92 Å². The Bertz CT molecular complexity index is 142. The Hall–Kier alpha value is -0.250. The van der Waals surface area contributed by atoms with Crippen LogP contribution in [0.4, 0.5) is 13.2 Å². The largest absolute Gasteiger partial charge is 0.396 e. The first kappa shape index (κ1) is 7.85. The van der Waals surface area contributed by atoms with Gasteiger partial charge in [0.05, 0.1) is 5.41 Å². The lowest BCUT2D eigenvalue weighted by Gasteiger charge is -2.14. The minimum absolute atomic E-state index is 0.0764. The molecule has 1 aliphatic rings. The van der Waals surface area contributed by atoms with Gasteiger partial charge in [0.2, 0.25) is 0 Å². The van der Waals surface area contributed by atoms with Crippen LogP contribution in [0.5, 0.6) is 0 Å². The van der Waals surface area contributed by atoms with Crippen molar-refractivity contribution in [3.63, 3.8) is 0 Å². The maximum atomic E-state index is 12.0. The van der Waals surface area contributed by atoms with Gasteiger partial charge >= 0.3 is 6.18 Å². The second-order valence-electron chi connectivity index (χ2n) is 3.00. The Morgan fingerprint density at radius 1 is 1.60 bits per heavy atom.